The maximum absolute atomic E-state index is 12.1. The zero-order valence-corrected chi connectivity index (χ0v) is 20.4. The molecule has 0 bridgehead atoms. The number of carbonyl (C=O) groups is 1. The number of H-pyrrole nitrogens is 2. The van der Waals surface area contributed by atoms with E-state index in [-0.39, 0.29) is 12.1 Å². The first-order valence-electron chi connectivity index (χ1n) is 11.8. The molecule has 4 N–H and O–H groups in total. The number of aromatic amines is 2. The molecule has 4 aromatic rings. The Kier molecular flexibility index (Phi) is 5.90. The van der Waals surface area contributed by atoms with Gasteiger partial charge in [-0.25, -0.2) is 9.78 Å². The summed E-state index contributed by atoms with van der Waals surface area (Å²) in [6.07, 6.45) is 5.50. The lowest BCUT2D eigenvalue weighted by atomic mass is 9.81. The van der Waals surface area contributed by atoms with Gasteiger partial charge in [0.05, 0.1) is 16.1 Å². The van der Waals surface area contributed by atoms with Gasteiger partial charge in [0.2, 0.25) is 5.95 Å². The number of halogens is 1. The number of alkyl carbamates (subject to hydrolysis) is 1. The number of carbonyl (C=O) groups excluding carboxylic acids is 1. The van der Waals surface area contributed by atoms with Crippen molar-refractivity contribution in [2.75, 3.05) is 5.32 Å². The number of hydrogen-bond donors (Lipinski definition) is 4. The molecule has 0 radical (unpaired) electrons. The predicted octanol–water partition coefficient (Wildman–Crippen LogP) is 6.99. The Morgan fingerprint density at radius 3 is 2.65 bits per heavy atom. The molecule has 2 heterocycles. The SMILES string of the molecule is CC(C)(C)OC(=O)NC1CCC(c2ccc3nc(Nc4cc(Cl)c5cc[nH]c5c4)[nH]c3c2)CC1. The van der Waals surface area contributed by atoms with Crippen molar-refractivity contribution in [2.45, 2.75) is 64.0 Å². The van der Waals surface area contributed by atoms with Gasteiger partial charge in [-0.1, -0.05) is 17.7 Å². The van der Waals surface area contributed by atoms with Crippen LogP contribution in [0.25, 0.3) is 21.9 Å². The molecule has 0 aliphatic heterocycles. The van der Waals surface area contributed by atoms with Crippen LogP contribution in [0.3, 0.4) is 0 Å². The summed E-state index contributed by atoms with van der Waals surface area (Å²) in [5.74, 6) is 1.15. The van der Waals surface area contributed by atoms with Gasteiger partial charge in [0, 0.05) is 28.8 Å². The van der Waals surface area contributed by atoms with Crippen molar-refractivity contribution < 1.29 is 9.53 Å². The fourth-order valence-corrected chi connectivity index (χ4v) is 5.00. The molecule has 7 nitrogen and oxygen atoms in total. The van der Waals surface area contributed by atoms with Crippen LogP contribution in [0.2, 0.25) is 5.02 Å². The number of imidazole rings is 1. The molecule has 2 aromatic carbocycles. The topological polar surface area (TPSA) is 94.8 Å². The van der Waals surface area contributed by atoms with Crippen LogP contribution in [0, 0.1) is 0 Å². The van der Waals surface area contributed by atoms with Crippen LogP contribution < -0.4 is 10.6 Å². The maximum atomic E-state index is 12.1. The summed E-state index contributed by atoms with van der Waals surface area (Å²) in [5.41, 5.74) is 4.59. The molecule has 1 saturated carbocycles. The molecule has 0 spiro atoms. The second-order valence-corrected chi connectivity index (χ2v) is 10.5. The third-order valence-corrected chi connectivity index (χ3v) is 6.62. The first-order valence-corrected chi connectivity index (χ1v) is 12.1. The number of amides is 1. The number of benzene rings is 2. The van der Waals surface area contributed by atoms with E-state index in [9.17, 15) is 4.79 Å². The van der Waals surface area contributed by atoms with Gasteiger partial charge in [-0.2, -0.15) is 0 Å². The Morgan fingerprint density at radius 2 is 1.88 bits per heavy atom. The van der Waals surface area contributed by atoms with Gasteiger partial charge in [-0.3, -0.25) is 0 Å². The van der Waals surface area contributed by atoms with Crippen LogP contribution in [-0.2, 0) is 4.74 Å². The lowest BCUT2D eigenvalue weighted by Crippen LogP contribution is -2.40. The summed E-state index contributed by atoms with van der Waals surface area (Å²) in [6.45, 7) is 5.64. The largest absolute Gasteiger partial charge is 0.444 e. The molecule has 5 rings (SSSR count). The molecule has 1 amide bonds. The van der Waals surface area contributed by atoms with Gasteiger partial charge in [0.1, 0.15) is 5.60 Å². The highest BCUT2D eigenvalue weighted by molar-refractivity contribution is 6.35. The van der Waals surface area contributed by atoms with E-state index in [1.54, 1.807) is 0 Å². The molecule has 178 valence electrons. The summed E-state index contributed by atoms with van der Waals surface area (Å²) < 4.78 is 5.39. The van der Waals surface area contributed by atoms with Gasteiger partial charge in [-0.15, -0.1) is 0 Å². The van der Waals surface area contributed by atoms with E-state index in [0.29, 0.717) is 16.9 Å². The van der Waals surface area contributed by atoms with Crippen LogP contribution >= 0.6 is 11.6 Å². The number of rotatable bonds is 4. The molecule has 34 heavy (non-hydrogen) atoms. The third kappa shape index (κ3) is 4.99. The monoisotopic (exact) mass is 479 g/mol. The molecule has 1 aliphatic carbocycles. The minimum absolute atomic E-state index is 0.168. The minimum Gasteiger partial charge on any atom is -0.444 e. The maximum Gasteiger partial charge on any atom is 0.407 e. The average Bonchev–Trinajstić information content (AvgIpc) is 3.39. The fourth-order valence-electron chi connectivity index (χ4n) is 4.72. The minimum atomic E-state index is -0.477. The standard InChI is InChI=1S/C26H30ClN5O2/c1-26(2,3)34-25(33)30-17-7-4-15(5-8-17)16-6-9-21-23(12-16)32-24(31-21)29-18-13-20(27)19-10-11-28-22(19)14-18/h6,9-15,17,28H,4-5,7-8H2,1-3H3,(H,30,33)(H2,29,31,32). The molecule has 1 fully saturated rings. The Morgan fingerprint density at radius 1 is 1.09 bits per heavy atom. The smallest absolute Gasteiger partial charge is 0.407 e. The van der Waals surface area contributed by atoms with Crippen molar-refractivity contribution >= 4 is 51.3 Å². The van der Waals surface area contributed by atoms with Crippen LogP contribution in [-0.4, -0.2) is 32.7 Å². The number of ether oxygens (including phenoxy) is 1. The Hall–Kier alpha value is -3.19. The summed E-state index contributed by atoms with van der Waals surface area (Å²) >= 11 is 6.40. The van der Waals surface area contributed by atoms with E-state index < -0.39 is 5.60 Å². The van der Waals surface area contributed by atoms with Gasteiger partial charge < -0.3 is 25.3 Å². The van der Waals surface area contributed by atoms with Crippen molar-refractivity contribution in [3.05, 3.63) is 53.2 Å². The van der Waals surface area contributed by atoms with Crippen LogP contribution in [0.5, 0.6) is 0 Å². The number of anilines is 2. The Labute approximate surface area is 203 Å². The predicted molar refractivity (Wildman–Crippen MR) is 137 cm³/mol. The molecule has 2 aromatic heterocycles. The molecule has 0 unspecified atom stereocenters. The van der Waals surface area contributed by atoms with Crippen LogP contribution in [0.15, 0.2) is 42.6 Å². The highest BCUT2D eigenvalue weighted by Gasteiger charge is 2.25. The second kappa shape index (κ2) is 8.87. The van der Waals surface area contributed by atoms with Crippen molar-refractivity contribution in [1.29, 1.82) is 0 Å². The number of nitrogens with zero attached hydrogens (tertiary/aromatic N) is 1. The molecular formula is C26H30ClN5O2. The van der Waals surface area contributed by atoms with E-state index >= 15 is 0 Å². The molecule has 0 atom stereocenters. The normalized spacial score (nSPS) is 18.8. The van der Waals surface area contributed by atoms with E-state index in [4.69, 9.17) is 16.3 Å². The molecular weight excluding hydrogens is 450 g/mol. The molecule has 0 saturated heterocycles. The quantitative estimate of drug-likeness (QED) is 0.253. The van der Waals surface area contributed by atoms with E-state index in [2.05, 4.69) is 43.8 Å². The van der Waals surface area contributed by atoms with Crippen LogP contribution in [0.4, 0.5) is 16.4 Å². The number of fused-ring (bicyclic) bond motifs is 2. The average molecular weight is 480 g/mol. The summed E-state index contributed by atoms with van der Waals surface area (Å²) in [7, 11) is 0. The summed E-state index contributed by atoms with van der Waals surface area (Å²) in [4.78, 5) is 23.3. The Balaban J connectivity index is 1.24. The second-order valence-electron chi connectivity index (χ2n) is 10.1. The summed E-state index contributed by atoms with van der Waals surface area (Å²) in [6, 6.07) is 12.5. The summed E-state index contributed by atoms with van der Waals surface area (Å²) in [5, 5.41) is 8.04. The van der Waals surface area contributed by atoms with Crippen molar-refractivity contribution in [2.24, 2.45) is 0 Å². The lowest BCUT2D eigenvalue weighted by Gasteiger charge is -2.30. The van der Waals surface area contributed by atoms with Gasteiger partial charge >= 0.3 is 6.09 Å². The number of aromatic nitrogens is 3. The highest BCUT2D eigenvalue weighted by Crippen LogP contribution is 2.35. The molecule has 8 heteroatoms. The van der Waals surface area contributed by atoms with E-state index in [1.165, 1.54) is 5.56 Å². The van der Waals surface area contributed by atoms with Gasteiger partial charge in [-0.05, 0) is 88.3 Å². The van der Waals surface area contributed by atoms with E-state index in [0.717, 1.165) is 53.3 Å². The number of nitrogens with one attached hydrogen (secondary N) is 4. The molecule has 1 aliphatic rings. The van der Waals surface area contributed by atoms with Crippen molar-refractivity contribution in [3.63, 3.8) is 0 Å². The van der Waals surface area contributed by atoms with Crippen molar-refractivity contribution in [1.82, 2.24) is 20.3 Å². The third-order valence-electron chi connectivity index (χ3n) is 6.31. The zero-order valence-electron chi connectivity index (χ0n) is 19.7. The lowest BCUT2D eigenvalue weighted by molar-refractivity contribution is 0.0491. The van der Waals surface area contributed by atoms with Gasteiger partial charge in [0.25, 0.3) is 0 Å². The Bertz CT molecular complexity index is 1330. The first kappa shape index (κ1) is 22.6. The fraction of sp³-hybridized carbons (Fsp3) is 0.385. The van der Waals surface area contributed by atoms with Crippen molar-refractivity contribution in [3.8, 4) is 0 Å². The van der Waals surface area contributed by atoms with Gasteiger partial charge in [0.15, 0.2) is 0 Å². The van der Waals surface area contributed by atoms with Crippen LogP contribution in [0.1, 0.15) is 57.9 Å². The number of hydrogen-bond acceptors (Lipinski definition) is 4. The first-order chi connectivity index (χ1) is 16.2. The highest BCUT2D eigenvalue weighted by atomic mass is 35.5. The van der Waals surface area contributed by atoms with E-state index in [1.807, 2.05) is 45.2 Å². The zero-order chi connectivity index (χ0) is 23.9.